The maximum Gasteiger partial charge on any atom is 0.222 e. The summed E-state index contributed by atoms with van der Waals surface area (Å²) >= 11 is 3.45. The van der Waals surface area contributed by atoms with Gasteiger partial charge in [0.2, 0.25) is 11.8 Å². The van der Waals surface area contributed by atoms with E-state index in [4.69, 9.17) is 4.74 Å². The molecule has 3 rings (SSSR count). The number of amides is 2. The number of para-hydroxylation sites is 1. The SMILES string of the molecule is O=C(CCCOc1ccccc1Br)N1CCN(C(=O)CCCc2ccccc2)CC1. The van der Waals surface area contributed by atoms with E-state index >= 15 is 0 Å². The van der Waals surface area contributed by atoms with Gasteiger partial charge in [-0.3, -0.25) is 9.59 Å². The molecule has 0 aromatic heterocycles. The van der Waals surface area contributed by atoms with Crippen molar-refractivity contribution in [3.8, 4) is 5.75 Å². The van der Waals surface area contributed by atoms with Crippen LogP contribution in [0.3, 0.4) is 0 Å². The Bertz CT molecular complexity index is 820. The van der Waals surface area contributed by atoms with Gasteiger partial charge >= 0.3 is 0 Å². The molecule has 1 heterocycles. The molecule has 0 radical (unpaired) electrons. The van der Waals surface area contributed by atoms with E-state index in [0.717, 1.165) is 23.1 Å². The molecule has 1 aliphatic heterocycles. The second-order valence-corrected chi connectivity index (χ2v) is 8.34. The van der Waals surface area contributed by atoms with Crippen LogP contribution in [0.15, 0.2) is 59.1 Å². The standard InChI is InChI=1S/C24H29BrN2O3/c25-21-11-4-5-12-22(21)30-19-7-14-24(29)27-17-15-26(16-18-27)23(28)13-6-10-20-8-2-1-3-9-20/h1-5,8-9,11-12H,6-7,10,13-19H2. The number of carbonyl (C=O) groups is 2. The highest BCUT2D eigenvalue weighted by Crippen LogP contribution is 2.23. The van der Waals surface area contributed by atoms with Gasteiger partial charge in [0.25, 0.3) is 0 Å². The summed E-state index contributed by atoms with van der Waals surface area (Å²) in [4.78, 5) is 28.6. The van der Waals surface area contributed by atoms with Crippen molar-refractivity contribution in [2.45, 2.75) is 32.1 Å². The van der Waals surface area contributed by atoms with Gasteiger partial charge in [0.15, 0.2) is 0 Å². The maximum absolute atomic E-state index is 12.4. The van der Waals surface area contributed by atoms with Crippen LogP contribution in [-0.4, -0.2) is 54.4 Å². The Hall–Kier alpha value is -2.34. The van der Waals surface area contributed by atoms with Crippen LogP contribution < -0.4 is 4.74 Å². The number of halogens is 1. The molecule has 0 unspecified atom stereocenters. The van der Waals surface area contributed by atoms with Gasteiger partial charge in [-0.1, -0.05) is 42.5 Å². The fraction of sp³-hybridized carbons (Fsp3) is 0.417. The van der Waals surface area contributed by atoms with E-state index in [2.05, 4.69) is 28.1 Å². The van der Waals surface area contributed by atoms with Gasteiger partial charge in [-0.05, 0) is 52.9 Å². The number of benzene rings is 2. The first-order valence-electron chi connectivity index (χ1n) is 10.6. The van der Waals surface area contributed by atoms with E-state index in [1.165, 1.54) is 5.56 Å². The first kappa shape index (κ1) is 22.3. The fourth-order valence-electron chi connectivity index (χ4n) is 3.58. The Kier molecular flexibility index (Phi) is 8.75. The van der Waals surface area contributed by atoms with Crippen LogP contribution in [0, 0.1) is 0 Å². The largest absolute Gasteiger partial charge is 0.492 e. The number of piperazine rings is 1. The number of ether oxygens (including phenoxy) is 1. The topological polar surface area (TPSA) is 49.9 Å². The zero-order valence-electron chi connectivity index (χ0n) is 17.3. The van der Waals surface area contributed by atoms with E-state index in [0.29, 0.717) is 52.0 Å². The minimum absolute atomic E-state index is 0.141. The highest BCUT2D eigenvalue weighted by molar-refractivity contribution is 9.10. The molecule has 2 aromatic rings. The molecule has 0 atom stereocenters. The van der Waals surface area contributed by atoms with Crippen LogP contribution in [-0.2, 0) is 16.0 Å². The van der Waals surface area contributed by atoms with Crippen molar-refractivity contribution >= 4 is 27.7 Å². The van der Waals surface area contributed by atoms with E-state index < -0.39 is 0 Å². The summed E-state index contributed by atoms with van der Waals surface area (Å²) < 4.78 is 6.64. The average Bonchev–Trinajstić information content (AvgIpc) is 2.78. The molecule has 2 aromatic carbocycles. The Morgan fingerprint density at radius 1 is 0.800 bits per heavy atom. The third-order valence-electron chi connectivity index (χ3n) is 5.31. The maximum atomic E-state index is 12.4. The summed E-state index contributed by atoms with van der Waals surface area (Å²) in [6.45, 7) is 3.00. The zero-order chi connectivity index (χ0) is 21.2. The number of carbonyl (C=O) groups excluding carboxylic acids is 2. The first-order valence-corrected chi connectivity index (χ1v) is 11.4. The summed E-state index contributed by atoms with van der Waals surface area (Å²) in [6.07, 6.45) is 3.50. The zero-order valence-corrected chi connectivity index (χ0v) is 18.9. The number of nitrogens with zero attached hydrogens (tertiary/aromatic N) is 2. The van der Waals surface area contributed by atoms with Crippen molar-refractivity contribution in [1.82, 2.24) is 9.80 Å². The summed E-state index contributed by atoms with van der Waals surface area (Å²) in [5.74, 6) is 1.13. The van der Waals surface area contributed by atoms with Gasteiger partial charge in [0.05, 0.1) is 11.1 Å². The summed E-state index contributed by atoms with van der Waals surface area (Å²) in [6, 6.07) is 18.0. The van der Waals surface area contributed by atoms with Crippen molar-refractivity contribution in [3.05, 3.63) is 64.6 Å². The highest BCUT2D eigenvalue weighted by atomic mass is 79.9. The minimum Gasteiger partial charge on any atom is -0.492 e. The molecular formula is C24H29BrN2O3. The molecule has 0 N–H and O–H groups in total. The van der Waals surface area contributed by atoms with Crippen molar-refractivity contribution < 1.29 is 14.3 Å². The fourth-order valence-corrected chi connectivity index (χ4v) is 3.98. The Morgan fingerprint density at radius 3 is 2.00 bits per heavy atom. The van der Waals surface area contributed by atoms with Gasteiger partial charge in [-0.2, -0.15) is 0 Å². The molecule has 0 bridgehead atoms. The normalized spacial score (nSPS) is 13.9. The van der Waals surface area contributed by atoms with Crippen LogP contribution >= 0.6 is 15.9 Å². The molecule has 0 saturated carbocycles. The molecule has 0 aliphatic carbocycles. The quantitative estimate of drug-likeness (QED) is 0.511. The van der Waals surface area contributed by atoms with Crippen molar-refractivity contribution in [1.29, 1.82) is 0 Å². The predicted octanol–water partition coefficient (Wildman–Crippen LogP) is 4.30. The Morgan fingerprint density at radius 2 is 1.37 bits per heavy atom. The Balaban J connectivity index is 1.30. The lowest BCUT2D eigenvalue weighted by Gasteiger charge is -2.35. The third-order valence-corrected chi connectivity index (χ3v) is 5.97. The smallest absolute Gasteiger partial charge is 0.222 e. The summed E-state index contributed by atoms with van der Waals surface area (Å²) in [5, 5.41) is 0. The molecule has 5 nitrogen and oxygen atoms in total. The summed E-state index contributed by atoms with van der Waals surface area (Å²) in [5.41, 5.74) is 1.27. The second kappa shape index (κ2) is 11.7. The van der Waals surface area contributed by atoms with E-state index in [1.807, 2.05) is 52.3 Å². The van der Waals surface area contributed by atoms with Crippen molar-refractivity contribution in [2.24, 2.45) is 0 Å². The molecule has 160 valence electrons. The van der Waals surface area contributed by atoms with Crippen LogP contribution in [0.1, 0.15) is 31.2 Å². The van der Waals surface area contributed by atoms with E-state index in [9.17, 15) is 9.59 Å². The number of hydrogen-bond donors (Lipinski definition) is 0. The van der Waals surface area contributed by atoms with Crippen LogP contribution in [0.2, 0.25) is 0 Å². The molecule has 0 spiro atoms. The van der Waals surface area contributed by atoms with Crippen molar-refractivity contribution in [3.63, 3.8) is 0 Å². The minimum atomic E-state index is 0.141. The lowest BCUT2D eigenvalue weighted by molar-refractivity contribution is -0.139. The molecular weight excluding hydrogens is 444 g/mol. The molecule has 6 heteroatoms. The van der Waals surface area contributed by atoms with Crippen LogP contribution in [0.5, 0.6) is 5.75 Å². The van der Waals surface area contributed by atoms with Gasteiger partial charge in [-0.15, -0.1) is 0 Å². The van der Waals surface area contributed by atoms with E-state index in [-0.39, 0.29) is 11.8 Å². The van der Waals surface area contributed by atoms with Gasteiger partial charge in [0.1, 0.15) is 5.75 Å². The number of aryl methyl sites for hydroxylation is 1. The van der Waals surface area contributed by atoms with Crippen molar-refractivity contribution in [2.75, 3.05) is 32.8 Å². The third kappa shape index (κ3) is 6.87. The highest BCUT2D eigenvalue weighted by Gasteiger charge is 2.23. The average molecular weight is 473 g/mol. The first-order chi connectivity index (χ1) is 14.6. The van der Waals surface area contributed by atoms with Gasteiger partial charge in [0, 0.05) is 39.0 Å². The van der Waals surface area contributed by atoms with E-state index in [1.54, 1.807) is 0 Å². The molecule has 1 fully saturated rings. The molecule has 1 saturated heterocycles. The summed E-state index contributed by atoms with van der Waals surface area (Å²) in [7, 11) is 0. The second-order valence-electron chi connectivity index (χ2n) is 7.48. The lowest BCUT2D eigenvalue weighted by atomic mass is 10.1. The lowest BCUT2D eigenvalue weighted by Crippen LogP contribution is -2.50. The van der Waals surface area contributed by atoms with Gasteiger partial charge < -0.3 is 14.5 Å². The molecule has 30 heavy (non-hydrogen) atoms. The molecule has 2 amide bonds. The predicted molar refractivity (Wildman–Crippen MR) is 121 cm³/mol. The monoisotopic (exact) mass is 472 g/mol. The number of hydrogen-bond acceptors (Lipinski definition) is 3. The van der Waals surface area contributed by atoms with Crippen LogP contribution in [0.25, 0.3) is 0 Å². The van der Waals surface area contributed by atoms with Crippen LogP contribution in [0.4, 0.5) is 0 Å². The Labute approximate surface area is 187 Å². The van der Waals surface area contributed by atoms with Gasteiger partial charge in [-0.25, -0.2) is 0 Å². The number of rotatable bonds is 9. The molecule has 1 aliphatic rings.